The minimum atomic E-state index is -0.0340. The molecule has 1 saturated heterocycles. The molecule has 0 saturated carbocycles. The monoisotopic (exact) mass is 567 g/mol. The number of thioether (sulfide) groups is 1. The Morgan fingerprint density at radius 2 is 1.79 bits per heavy atom. The number of rotatable bonds is 13. The van der Waals surface area contributed by atoms with Gasteiger partial charge in [0.25, 0.3) is 5.91 Å². The zero-order valence-corrected chi connectivity index (χ0v) is 24.4. The lowest BCUT2D eigenvalue weighted by Gasteiger charge is -2.14. The normalized spacial score (nSPS) is 14.6. The maximum Gasteiger partial charge on any atom is 0.266 e. The van der Waals surface area contributed by atoms with Gasteiger partial charge in [-0.1, -0.05) is 99.7 Å². The minimum Gasteiger partial charge on any atom is -0.492 e. The van der Waals surface area contributed by atoms with Crippen LogP contribution in [0.5, 0.6) is 5.75 Å². The molecule has 2 heterocycles. The van der Waals surface area contributed by atoms with Crippen LogP contribution in [-0.2, 0) is 4.79 Å². The maximum atomic E-state index is 13.3. The first kappa shape index (κ1) is 28.4. The number of carbonyl (C=O) groups excluding carboxylic acids is 1. The number of unbranched alkanes of at least 4 members (excludes halogenated alkanes) is 5. The Bertz CT molecular complexity index is 1290. The molecule has 2 aromatic carbocycles. The summed E-state index contributed by atoms with van der Waals surface area (Å²) in [4.78, 5) is 15.6. The van der Waals surface area contributed by atoms with E-state index >= 15 is 0 Å². The Morgan fingerprint density at radius 1 is 1.03 bits per heavy atom. The molecule has 4 rings (SSSR count). The predicted octanol–water partition coefficient (Wildman–Crippen LogP) is 8.54. The summed E-state index contributed by atoms with van der Waals surface area (Å²) >= 11 is 13.5. The van der Waals surface area contributed by atoms with Gasteiger partial charge in [0, 0.05) is 23.9 Å². The van der Waals surface area contributed by atoms with Gasteiger partial charge in [0.2, 0.25) is 0 Å². The topological polar surface area (TPSA) is 47.4 Å². The Balaban J connectivity index is 1.60. The number of hydrogen-bond donors (Lipinski definition) is 0. The second-order valence-corrected chi connectivity index (χ2v) is 11.4. The lowest BCUT2D eigenvalue weighted by molar-refractivity contribution is -0.122. The standard InChI is InChI=1S/C30H34ClN3O2S2/c1-3-5-6-7-8-12-17-33-29(35)27(38-30(33)37)20-23-21-34(24-13-10-9-11-14-24)32-28(23)22-15-16-26(25(31)19-22)36-18-4-2/h9-11,13-16,19-21H,3-8,12,17-18H2,1-2H3/b27-20-. The van der Waals surface area contributed by atoms with Crippen molar-refractivity contribution in [2.75, 3.05) is 13.2 Å². The van der Waals surface area contributed by atoms with Gasteiger partial charge in [0.05, 0.1) is 22.2 Å². The minimum absolute atomic E-state index is 0.0340. The first-order valence-corrected chi connectivity index (χ1v) is 14.9. The third-order valence-electron chi connectivity index (χ3n) is 6.33. The molecule has 0 N–H and O–H groups in total. The first-order chi connectivity index (χ1) is 18.5. The predicted molar refractivity (Wildman–Crippen MR) is 163 cm³/mol. The van der Waals surface area contributed by atoms with Crippen molar-refractivity contribution in [1.82, 2.24) is 14.7 Å². The van der Waals surface area contributed by atoms with Crippen molar-refractivity contribution < 1.29 is 9.53 Å². The Hall–Kier alpha value is -2.61. The van der Waals surface area contributed by atoms with Crippen LogP contribution in [0.25, 0.3) is 23.0 Å². The molecule has 0 aliphatic carbocycles. The Morgan fingerprint density at radius 3 is 2.53 bits per heavy atom. The maximum absolute atomic E-state index is 13.3. The molecule has 8 heteroatoms. The average molecular weight is 568 g/mol. The molecular formula is C30H34ClN3O2S2. The molecule has 1 fully saturated rings. The summed E-state index contributed by atoms with van der Waals surface area (Å²) in [7, 11) is 0. The molecule has 1 aliphatic heterocycles. The summed E-state index contributed by atoms with van der Waals surface area (Å²) in [5, 5.41) is 5.41. The van der Waals surface area contributed by atoms with Gasteiger partial charge in [-0.15, -0.1) is 0 Å². The van der Waals surface area contributed by atoms with Crippen molar-refractivity contribution in [3.8, 4) is 22.7 Å². The molecule has 200 valence electrons. The second-order valence-electron chi connectivity index (χ2n) is 9.31. The third-order valence-corrected chi connectivity index (χ3v) is 8.00. The highest BCUT2D eigenvalue weighted by Gasteiger charge is 2.32. The zero-order valence-electron chi connectivity index (χ0n) is 22.0. The van der Waals surface area contributed by atoms with Gasteiger partial charge < -0.3 is 4.74 Å². The van der Waals surface area contributed by atoms with Crippen molar-refractivity contribution in [3.05, 3.63) is 70.2 Å². The summed E-state index contributed by atoms with van der Waals surface area (Å²) in [5.41, 5.74) is 3.34. The molecule has 3 aromatic rings. The molecule has 5 nitrogen and oxygen atoms in total. The van der Waals surface area contributed by atoms with E-state index in [1.807, 2.05) is 65.5 Å². The van der Waals surface area contributed by atoms with Gasteiger partial charge in [-0.25, -0.2) is 4.68 Å². The molecule has 0 spiro atoms. The van der Waals surface area contributed by atoms with Crippen molar-refractivity contribution in [2.24, 2.45) is 0 Å². The molecule has 1 aliphatic rings. The van der Waals surface area contributed by atoms with Crippen LogP contribution in [0.1, 0.15) is 64.4 Å². The molecule has 1 aromatic heterocycles. The highest BCUT2D eigenvalue weighted by molar-refractivity contribution is 8.26. The highest BCUT2D eigenvalue weighted by Crippen LogP contribution is 2.36. The number of thiocarbonyl (C=S) groups is 1. The number of hydrogen-bond acceptors (Lipinski definition) is 5. The number of benzene rings is 2. The van der Waals surface area contributed by atoms with E-state index in [9.17, 15) is 4.79 Å². The van der Waals surface area contributed by atoms with Crippen molar-refractivity contribution in [3.63, 3.8) is 0 Å². The summed E-state index contributed by atoms with van der Waals surface area (Å²) < 4.78 is 8.19. The summed E-state index contributed by atoms with van der Waals surface area (Å²) in [6, 6.07) is 15.6. The van der Waals surface area contributed by atoms with Crippen molar-refractivity contribution >= 4 is 51.9 Å². The van der Waals surface area contributed by atoms with E-state index in [0.717, 1.165) is 41.8 Å². The molecule has 38 heavy (non-hydrogen) atoms. The van der Waals surface area contributed by atoms with Gasteiger partial charge in [0.1, 0.15) is 15.8 Å². The van der Waals surface area contributed by atoms with Crippen LogP contribution >= 0.6 is 35.6 Å². The van der Waals surface area contributed by atoms with Crippen LogP contribution in [0, 0.1) is 0 Å². The lowest BCUT2D eigenvalue weighted by Crippen LogP contribution is -2.29. The summed E-state index contributed by atoms with van der Waals surface area (Å²) in [5.74, 6) is 0.616. The van der Waals surface area contributed by atoms with Gasteiger partial charge in [-0.05, 0) is 49.2 Å². The van der Waals surface area contributed by atoms with E-state index in [2.05, 4.69) is 13.8 Å². The fraction of sp³-hybridized carbons (Fsp3) is 0.367. The SMILES string of the molecule is CCCCCCCCN1C(=O)/C(=C/c2cn(-c3ccccc3)nc2-c2ccc(OCCC)c(Cl)c2)SC1=S. The highest BCUT2D eigenvalue weighted by atomic mass is 35.5. The van der Waals surface area contributed by atoms with Gasteiger partial charge in [-0.3, -0.25) is 9.69 Å². The third kappa shape index (κ3) is 7.07. The van der Waals surface area contributed by atoms with E-state index < -0.39 is 0 Å². The molecule has 0 unspecified atom stereocenters. The number of nitrogens with zero attached hydrogens (tertiary/aromatic N) is 3. The number of ether oxygens (including phenoxy) is 1. The number of carbonyl (C=O) groups is 1. The van der Waals surface area contributed by atoms with Gasteiger partial charge in [0.15, 0.2) is 0 Å². The smallest absolute Gasteiger partial charge is 0.266 e. The summed E-state index contributed by atoms with van der Waals surface area (Å²) in [6.07, 6.45) is 11.8. The van der Waals surface area contributed by atoms with Gasteiger partial charge in [-0.2, -0.15) is 5.10 Å². The molecule has 0 radical (unpaired) electrons. The lowest BCUT2D eigenvalue weighted by atomic mass is 10.1. The number of aromatic nitrogens is 2. The quantitative estimate of drug-likeness (QED) is 0.118. The van der Waals surface area contributed by atoms with Crippen LogP contribution in [-0.4, -0.2) is 38.1 Å². The number of halogens is 1. The Labute approximate surface area is 240 Å². The second kappa shape index (κ2) is 14.0. The van der Waals surface area contributed by atoms with E-state index in [0.29, 0.717) is 33.1 Å². The molecule has 1 amide bonds. The van der Waals surface area contributed by atoms with E-state index in [-0.39, 0.29) is 5.91 Å². The van der Waals surface area contributed by atoms with Crippen LogP contribution in [0.4, 0.5) is 0 Å². The van der Waals surface area contributed by atoms with Crippen LogP contribution < -0.4 is 4.74 Å². The number of para-hydroxylation sites is 1. The van der Waals surface area contributed by atoms with E-state index in [4.69, 9.17) is 33.7 Å². The van der Waals surface area contributed by atoms with Crippen LogP contribution in [0.15, 0.2) is 59.6 Å². The van der Waals surface area contributed by atoms with Crippen molar-refractivity contribution in [1.29, 1.82) is 0 Å². The average Bonchev–Trinajstić information content (AvgIpc) is 3.46. The van der Waals surface area contributed by atoms with Crippen LogP contribution in [0.3, 0.4) is 0 Å². The largest absolute Gasteiger partial charge is 0.492 e. The fourth-order valence-corrected chi connectivity index (χ4v) is 5.83. The van der Waals surface area contributed by atoms with Crippen LogP contribution in [0.2, 0.25) is 5.02 Å². The first-order valence-electron chi connectivity index (χ1n) is 13.3. The van der Waals surface area contributed by atoms with Crippen molar-refractivity contribution in [2.45, 2.75) is 58.8 Å². The van der Waals surface area contributed by atoms with E-state index in [1.54, 1.807) is 4.90 Å². The molecule has 0 atom stereocenters. The van der Waals surface area contributed by atoms with E-state index in [1.165, 1.54) is 37.4 Å². The van der Waals surface area contributed by atoms with Gasteiger partial charge >= 0.3 is 0 Å². The molecular weight excluding hydrogens is 534 g/mol. The number of amides is 1. The molecule has 0 bridgehead atoms. The fourth-order valence-electron chi connectivity index (χ4n) is 4.29. The Kier molecular flexibility index (Phi) is 10.4. The zero-order chi connectivity index (χ0) is 26.9. The summed E-state index contributed by atoms with van der Waals surface area (Å²) in [6.45, 7) is 5.54.